The highest BCUT2D eigenvalue weighted by Crippen LogP contribution is 2.45. The van der Waals surface area contributed by atoms with Crippen LogP contribution in [0.3, 0.4) is 0 Å². The van der Waals surface area contributed by atoms with Gasteiger partial charge in [-0.2, -0.15) is 10.4 Å². The van der Waals surface area contributed by atoms with Crippen molar-refractivity contribution in [2.45, 2.75) is 19.8 Å². The van der Waals surface area contributed by atoms with Gasteiger partial charge in [-0.05, 0) is 37.5 Å². The molecule has 0 unspecified atom stereocenters. The van der Waals surface area contributed by atoms with Crippen LogP contribution in [-0.2, 0) is 11.8 Å². The molecule has 0 bridgehead atoms. The molecule has 2 saturated heterocycles. The van der Waals surface area contributed by atoms with Gasteiger partial charge in [-0.1, -0.05) is 30.8 Å². The Morgan fingerprint density at radius 2 is 1.97 bits per heavy atom. The fraction of sp³-hybridized carbons (Fsp3) is 0.346. The lowest BCUT2D eigenvalue weighted by Gasteiger charge is -2.55. The summed E-state index contributed by atoms with van der Waals surface area (Å²) in [6, 6.07) is 12.8. The molecule has 2 aliphatic heterocycles. The monoisotopic (exact) mass is 425 g/mol. The van der Waals surface area contributed by atoms with Crippen LogP contribution in [0.2, 0.25) is 0 Å². The SMILES string of the molecule is C=CC(=O)N1CCC2(CC1)CN(c1cccc(-c3c(C)ccc4cnn(C)c34)c1C#N)C2. The topological polar surface area (TPSA) is 65.2 Å². The summed E-state index contributed by atoms with van der Waals surface area (Å²) in [6.07, 6.45) is 5.27. The highest BCUT2D eigenvalue weighted by molar-refractivity contribution is 5.98. The van der Waals surface area contributed by atoms with E-state index in [1.807, 2.05) is 28.9 Å². The summed E-state index contributed by atoms with van der Waals surface area (Å²) in [5.74, 6) is 0.0233. The summed E-state index contributed by atoms with van der Waals surface area (Å²) in [5.41, 5.74) is 6.18. The first-order valence-corrected chi connectivity index (χ1v) is 11.1. The Morgan fingerprint density at radius 1 is 1.22 bits per heavy atom. The Bertz CT molecular complexity index is 1270. The van der Waals surface area contributed by atoms with Gasteiger partial charge in [0.25, 0.3) is 0 Å². The van der Waals surface area contributed by atoms with Crippen molar-refractivity contribution in [1.82, 2.24) is 14.7 Å². The maximum absolute atomic E-state index is 11.9. The second-order valence-corrected chi connectivity index (χ2v) is 9.16. The molecule has 0 aliphatic carbocycles. The number of aromatic nitrogens is 2. The molecule has 1 aromatic heterocycles. The molecule has 6 heteroatoms. The maximum atomic E-state index is 11.9. The molecule has 1 spiro atoms. The van der Waals surface area contributed by atoms with Crippen LogP contribution in [0.25, 0.3) is 22.0 Å². The minimum Gasteiger partial charge on any atom is -0.369 e. The van der Waals surface area contributed by atoms with Crippen LogP contribution in [0.1, 0.15) is 24.0 Å². The van der Waals surface area contributed by atoms with Gasteiger partial charge >= 0.3 is 0 Å². The normalized spacial score (nSPS) is 17.3. The van der Waals surface area contributed by atoms with Crippen molar-refractivity contribution in [3.63, 3.8) is 0 Å². The number of aryl methyl sites for hydroxylation is 2. The number of hydrogen-bond acceptors (Lipinski definition) is 4. The van der Waals surface area contributed by atoms with Crippen LogP contribution < -0.4 is 4.90 Å². The van der Waals surface area contributed by atoms with Gasteiger partial charge in [0.2, 0.25) is 5.91 Å². The third-order valence-corrected chi connectivity index (χ3v) is 7.24. The van der Waals surface area contributed by atoms with Gasteiger partial charge in [-0.3, -0.25) is 9.48 Å². The predicted octanol–water partition coefficient (Wildman–Crippen LogP) is 4.04. The largest absolute Gasteiger partial charge is 0.369 e. The van der Waals surface area contributed by atoms with Gasteiger partial charge < -0.3 is 9.80 Å². The molecule has 0 radical (unpaired) electrons. The summed E-state index contributed by atoms with van der Waals surface area (Å²) < 4.78 is 1.89. The lowest BCUT2D eigenvalue weighted by molar-refractivity contribution is -0.128. The number of piperidine rings is 1. The fourth-order valence-electron chi connectivity index (χ4n) is 5.42. The van der Waals surface area contributed by atoms with Crippen LogP contribution in [-0.4, -0.2) is 46.8 Å². The maximum Gasteiger partial charge on any atom is 0.245 e. The quantitative estimate of drug-likeness (QED) is 0.594. The van der Waals surface area contributed by atoms with E-state index in [1.54, 1.807) is 0 Å². The van der Waals surface area contributed by atoms with E-state index < -0.39 is 0 Å². The van der Waals surface area contributed by atoms with Gasteiger partial charge in [-0.25, -0.2) is 0 Å². The van der Waals surface area contributed by atoms with E-state index in [0.29, 0.717) is 0 Å². The second kappa shape index (κ2) is 7.52. The first-order valence-electron chi connectivity index (χ1n) is 11.1. The standard InChI is InChI=1S/C26H27N5O/c1-4-23(32)30-12-10-26(11-13-30)16-31(17-26)22-7-5-6-20(21(22)14-27)24-18(2)8-9-19-15-28-29(3)25(19)24/h4-9,15H,1,10-13,16-17H2,2-3H3. The number of likely N-dealkylation sites (tertiary alicyclic amines) is 1. The second-order valence-electron chi connectivity index (χ2n) is 9.16. The molecule has 0 N–H and O–H groups in total. The van der Waals surface area contributed by atoms with Crippen LogP contribution in [0.4, 0.5) is 5.69 Å². The molecule has 2 fully saturated rings. The molecule has 6 nitrogen and oxygen atoms in total. The van der Waals surface area contributed by atoms with Gasteiger partial charge in [-0.15, -0.1) is 0 Å². The van der Waals surface area contributed by atoms with Crippen molar-refractivity contribution in [2.24, 2.45) is 12.5 Å². The zero-order valence-corrected chi connectivity index (χ0v) is 18.6. The Labute approximate surface area is 188 Å². The molecule has 2 aromatic carbocycles. The molecule has 3 heterocycles. The molecular weight excluding hydrogens is 398 g/mol. The molecule has 3 aromatic rings. The van der Waals surface area contributed by atoms with Crippen molar-refractivity contribution >= 4 is 22.5 Å². The van der Waals surface area contributed by atoms with Crippen molar-refractivity contribution in [3.05, 3.63) is 60.3 Å². The first-order chi connectivity index (χ1) is 15.5. The van der Waals surface area contributed by atoms with Gasteiger partial charge in [0.1, 0.15) is 6.07 Å². The molecule has 162 valence electrons. The Morgan fingerprint density at radius 3 is 2.66 bits per heavy atom. The summed E-state index contributed by atoms with van der Waals surface area (Å²) in [6.45, 7) is 9.11. The molecular formula is C26H27N5O. The third-order valence-electron chi connectivity index (χ3n) is 7.24. The average Bonchev–Trinajstić information content (AvgIpc) is 3.17. The molecule has 2 aliphatic rings. The van der Waals surface area contributed by atoms with Crippen LogP contribution in [0.5, 0.6) is 0 Å². The van der Waals surface area contributed by atoms with Gasteiger partial charge in [0, 0.05) is 55.2 Å². The number of rotatable bonds is 3. The predicted molar refractivity (Wildman–Crippen MR) is 126 cm³/mol. The highest BCUT2D eigenvalue weighted by atomic mass is 16.2. The first kappa shape index (κ1) is 20.3. The zero-order chi connectivity index (χ0) is 22.5. The number of benzene rings is 2. The molecule has 0 atom stereocenters. The number of nitriles is 1. The van der Waals surface area contributed by atoms with Crippen LogP contribution in [0.15, 0.2) is 49.2 Å². The number of carbonyl (C=O) groups excluding carboxylic acids is 1. The lowest BCUT2D eigenvalue weighted by atomic mass is 9.71. The zero-order valence-electron chi connectivity index (χ0n) is 18.6. The molecule has 5 rings (SSSR count). The number of anilines is 1. The molecule has 0 saturated carbocycles. The van der Waals surface area contributed by atoms with Crippen molar-refractivity contribution in [1.29, 1.82) is 5.26 Å². The van der Waals surface area contributed by atoms with Gasteiger partial charge in [0.15, 0.2) is 0 Å². The van der Waals surface area contributed by atoms with Gasteiger partial charge in [0.05, 0.1) is 23.0 Å². The van der Waals surface area contributed by atoms with E-state index in [-0.39, 0.29) is 11.3 Å². The van der Waals surface area contributed by atoms with Crippen molar-refractivity contribution < 1.29 is 4.79 Å². The lowest BCUT2D eigenvalue weighted by Crippen LogP contribution is -2.61. The number of nitrogens with zero attached hydrogens (tertiary/aromatic N) is 5. The van der Waals surface area contributed by atoms with E-state index in [1.165, 1.54) is 6.08 Å². The molecule has 1 amide bonds. The number of fused-ring (bicyclic) bond motifs is 1. The average molecular weight is 426 g/mol. The smallest absolute Gasteiger partial charge is 0.245 e. The Hall–Kier alpha value is -3.59. The summed E-state index contributed by atoms with van der Waals surface area (Å²) in [4.78, 5) is 16.1. The van der Waals surface area contributed by atoms with Crippen molar-refractivity contribution in [3.8, 4) is 17.2 Å². The summed E-state index contributed by atoms with van der Waals surface area (Å²) in [5, 5.41) is 15.7. The fourth-order valence-corrected chi connectivity index (χ4v) is 5.42. The highest BCUT2D eigenvalue weighted by Gasteiger charge is 2.46. The van der Waals surface area contributed by atoms with E-state index in [0.717, 1.165) is 77.9 Å². The Balaban J connectivity index is 1.46. The third kappa shape index (κ3) is 3.08. The van der Waals surface area contributed by atoms with Crippen molar-refractivity contribution in [2.75, 3.05) is 31.1 Å². The Kier molecular flexibility index (Phi) is 4.78. The van der Waals surface area contributed by atoms with E-state index >= 15 is 0 Å². The minimum atomic E-state index is 0.0233. The molecule has 32 heavy (non-hydrogen) atoms. The van der Waals surface area contributed by atoms with E-state index in [2.05, 4.69) is 53.8 Å². The van der Waals surface area contributed by atoms with E-state index in [9.17, 15) is 10.1 Å². The summed E-state index contributed by atoms with van der Waals surface area (Å²) in [7, 11) is 1.95. The minimum absolute atomic E-state index is 0.0233. The van der Waals surface area contributed by atoms with Crippen LogP contribution >= 0.6 is 0 Å². The number of amides is 1. The summed E-state index contributed by atoms with van der Waals surface area (Å²) >= 11 is 0. The number of hydrogen-bond donors (Lipinski definition) is 0. The van der Waals surface area contributed by atoms with Crippen LogP contribution in [0, 0.1) is 23.7 Å². The van der Waals surface area contributed by atoms with E-state index in [4.69, 9.17) is 0 Å². The number of carbonyl (C=O) groups is 1.